The molecule has 106 valence electrons. The quantitative estimate of drug-likeness (QED) is 0.890. The van der Waals surface area contributed by atoms with Crippen LogP contribution in [0.5, 0.6) is 0 Å². The van der Waals surface area contributed by atoms with Gasteiger partial charge < -0.3 is 5.32 Å². The lowest BCUT2D eigenvalue weighted by Crippen LogP contribution is -2.24. The molecular formula is C17H21ClN2. The normalized spacial score (nSPS) is 12.4. The van der Waals surface area contributed by atoms with Crippen molar-refractivity contribution in [3.05, 3.63) is 63.9 Å². The predicted octanol–water partition coefficient (Wildman–Crippen LogP) is 4.25. The van der Waals surface area contributed by atoms with Crippen LogP contribution < -0.4 is 5.32 Å². The molecule has 1 atom stereocenters. The predicted molar refractivity (Wildman–Crippen MR) is 85.3 cm³/mol. The van der Waals surface area contributed by atoms with Gasteiger partial charge in [-0.3, -0.25) is 4.98 Å². The summed E-state index contributed by atoms with van der Waals surface area (Å²) in [6.07, 6.45) is 4.38. The van der Waals surface area contributed by atoms with E-state index in [-0.39, 0.29) is 6.04 Å². The number of hydrogen-bond donors (Lipinski definition) is 1. The van der Waals surface area contributed by atoms with E-state index in [0.29, 0.717) is 0 Å². The zero-order valence-corrected chi connectivity index (χ0v) is 13.0. The number of pyridine rings is 1. The van der Waals surface area contributed by atoms with E-state index in [1.807, 2.05) is 6.07 Å². The summed E-state index contributed by atoms with van der Waals surface area (Å²) in [6, 6.07) is 8.87. The second-order valence-electron chi connectivity index (χ2n) is 5.14. The van der Waals surface area contributed by atoms with Crippen molar-refractivity contribution in [3.63, 3.8) is 0 Å². The SMILES string of the molecule is CCNC(Cc1ccncc1Cl)c1cc(C)ccc1C. The van der Waals surface area contributed by atoms with E-state index in [2.05, 4.69) is 49.3 Å². The fraction of sp³-hybridized carbons (Fsp3) is 0.353. The zero-order chi connectivity index (χ0) is 14.5. The molecule has 2 rings (SSSR count). The highest BCUT2D eigenvalue weighted by Crippen LogP contribution is 2.25. The molecule has 2 nitrogen and oxygen atoms in total. The number of likely N-dealkylation sites (N-methyl/N-ethyl adjacent to an activating group) is 1. The molecule has 0 spiro atoms. The lowest BCUT2D eigenvalue weighted by molar-refractivity contribution is 0.547. The molecule has 0 aliphatic rings. The maximum Gasteiger partial charge on any atom is 0.0622 e. The number of nitrogens with one attached hydrogen (secondary N) is 1. The van der Waals surface area contributed by atoms with E-state index in [0.717, 1.165) is 23.6 Å². The largest absolute Gasteiger partial charge is 0.310 e. The molecule has 1 heterocycles. The van der Waals surface area contributed by atoms with Gasteiger partial charge in [-0.1, -0.05) is 42.3 Å². The van der Waals surface area contributed by atoms with Crippen LogP contribution in [0.25, 0.3) is 0 Å². The van der Waals surface area contributed by atoms with Crippen LogP contribution in [0.1, 0.15) is 35.2 Å². The summed E-state index contributed by atoms with van der Waals surface area (Å²) >= 11 is 6.24. The van der Waals surface area contributed by atoms with E-state index in [9.17, 15) is 0 Å². The van der Waals surface area contributed by atoms with Crippen molar-refractivity contribution in [2.24, 2.45) is 0 Å². The van der Waals surface area contributed by atoms with Crippen molar-refractivity contribution in [1.82, 2.24) is 10.3 Å². The summed E-state index contributed by atoms with van der Waals surface area (Å²) in [4.78, 5) is 4.05. The Bertz CT molecular complexity index is 581. The highest BCUT2D eigenvalue weighted by atomic mass is 35.5. The number of hydrogen-bond acceptors (Lipinski definition) is 2. The van der Waals surface area contributed by atoms with Gasteiger partial charge in [0.2, 0.25) is 0 Å². The van der Waals surface area contributed by atoms with Gasteiger partial charge in [0.1, 0.15) is 0 Å². The monoisotopic (exact) mass is 288 g/mol. The molecule has 0 radical (unpaired) electrons. The van der Waals surface area contributed by atoms with Gasteiger partial charge in [-0.2, -0.15) is 0 Å². The maximum atomic E-state index is 6.24. The van der Waals surface area contributed by atoms with Crippen LogP contribution in [0, 0.1) is 13.8 Å². The van der Waals surface area contributed by atoms with Crippen molar-refractivity contribution in [1.29, 1.82) is 0 Å². The Kier molecular flexibility index (Phi) is 5.16. The maximum absolute atomic E-state index is 6.24. The van der Waals surface area contributed by atoms with Crippen LogP contribution in [-0.4, -0.2) is 11.5 Å². The molecule has 20 heavy (non-hydrogen) atoms. The minimum atomic E-state index is 0.278. The van der Waals surface area contributed by atoms with Crippen LogP contribution in [0.3, 0.4) is 0 Å². The van der Waals surface area contributed by atoms with E-state index < -0.39 is 0 Å². The summed E-state index contributed by atoms with van der Waals surface area (Å²) in [6.45, 7) is 7.35. The first-order valence-corrected chi connectivity index (χ1v) is 7.38. The Morgan fingerprint density at radius 2 is 2.05 bits per heavy atom. The summed E-state index contributed by atoms with van der Waals surface area (Å²) in [7, 11) is 0. The molecule has 1 unspecified atom stereocenters. The Morgan fingerprint density at radius 3 is 2.75 bits per heavy atom. The molecule has 0 aliphatic carbocycles. The molecule has 0 saturated heterocycles. The third-order valence-corrected chi connectivity index (χ3v) is 3.88. The van der Waals surface area contributed by atoms with E-state index in [4.69, 9.17) is 11.6 Å². The van der Waals surface area contributed by atoms with E-state index >= 15 is 0 Å². The van der Waals surface area contributed by atoms with Crippen LogP contribution in [0.4, 0.5) is 0 Å². The van der Waals surface area contributed by atoms with Crippen molar-refractivity contribution in [2.45, 2.75) is 33.2 Å². The Balaban J connectivity index is 2.32. The average Bonchev–Trinajstić information content (AvgIpc) is 2.43. The fourth-order valence-electron chi connectivity index (χ4n) is 2.46. The fourth-order valence-corrected chi connectivity index (χ4v) is 2.66. The number of aryl methyl sites for hydroxylation is 2. The second-order valence-corrected chi connectivity index (χ2v) is 5.55. The van der Waals surface area contributed by atoms with Crippen molar-refractivity contribution in [3.8, 4) is 0 Å². The van der Waals surface area contributed by atoms with E-state index in [1.165, 1.54) is 16.7 Å². The molecule has 2 aromatic rings. The first kappa shape index (κ1) is 15.0. The highest BCUT2D eigenvalue weighted by Gasteiger charge is 2.15. The van der Waals surface area contributed by atoms with Gasteiger partial charge in [-0.05, 0) is 49.6 Å². The summed E-state index contributed by atoms with van der Waals surface area (Å²) < 4.78 is 0. The van der Waals surface area contributed by atoms with Gasteiger partial charge in [-0.25, -0.2) is 0 Å². The molecule has 1 aromatic carbocycles. The molecule has 1 N–H and O–H groups in total. The number of benzene rings is 1. The molecule has 0 bridgehead atoms. The number of rotatable bonds is 5. The van der Waals surface area contributed by atoms with Crippen LogP contribution in [-0.2, 0) is 6.42 Å². The molecule has 3 heteroatoms. The van der Waals surface area contributed by atoms with Gasteiger partial charge in [-0.15, -0.1) is 0 Å². The molecule has 0 amide bonds. The molecular weight excluding hydrogens is 268 g/mol. The molecule has 0 fully saturated rings. The van der Waals surface area contributed by atoms with Gasteiger partial charge in [0, 0.05) is 18.4 Å². The van der Waals surface area contributed by atoms with Gasteiger partial charge in [0.05, 0.1) is 5.02 Å². The third-order valence-electron chi connectivity index (χ3n) is 3.54. The average molecular weight is 289 g/mol. The van der Waals surface area contributed by atoms with Crippen molar-refractivity contribution in [2.75, 3.05) is 6.54 Å². The highest BCUT2D eigenvalue weighted by molar-refractivity contribution is 6.31. The Hall–Kier alpha value is -1.38. The summed E-state index contributed by atoms with van der Waals surface area (Å²) in [5.41, 5.74) is 5.08. The van der Waals surface area contributed by atoms with Gasteiger partial charge in [0.15, 0.2) is 0 Å². The number of aromatic nitrogens is 1. The minimum Gasteiger partial charge on any atom is -0.310 e. The first-order valence-electron chi connectivity index (χ1n) is 7.00. The van der Waals surface area contributed by atoms with Gasteiger partial charge >= 0.3 is 0 Å². The first-order chi connectivity index (χ1) is 9.61. The number of nitrogens with zero attached hydrogens (tertiary/aromatic N) is 1. The Labute approximate surface area is 126 Å². The lowest BCUT2D eigenvalue weighted by Gasteiger charge is -2.21. The number of halogens is 1. The van der Waals surface area contributed by atoms with Crippen LogP contribution >= 0.6 is 11.6 Å². The minimum absolute atomic E-state index is 0.278. The van der Waals surface area contributed by atoms with Crippen molar-refractivity contribution < 1.29 is 0 Å². The van der Waals surface area contributed by atoms with Crippen LogP contribution in [0.15, 0.2) is 36.7 Å². The molecule has 0 saturated carbocycles. The van der Waals surface area contributed by atoms with Gasteiger partial charge in [0.25, 0.3) is 0 Å². The lowest BCUT2D eigenvalue weighted by atomic mass is 9.94. The summed E-state index contributed by atoms with van der Waals surface area (Å²) in [5.74, 6) is 0. The second kappa shape index (κ2) is 6.87. The standard InChI is InChI=1S/C17H21ClN2/c1-4-20-17(10-14-7-8-19-11-16(14)18)15-9-12(2)5-6-13(15)3/h5-9,11,17,20H,4,10H2,1-3H3. The molecule has 0 aliphatic heterocycles. The molecule has 1 aromatic heterocycles. The third kappa shape index (κ3) is 3.59. The topological polar surface area (TPSA) is 24.9 Å². The summed E-state index contributed by atoms with van der Waals surface area (Å²) in [5, 5.41) is 4.30. The van der Waals surface area contributed by atoms with Crippen molar-refractivity contribution >= 4 is 11.6 Å². The smallest absolute Gasteiger partial charge is 0.0622 e. The van der Waals surface area contributed by atoms with E-state index in [1.54, 1.807) is 12.4 Å². The Morgan fingerprint density at radius 1 is 1.25 bits per heavy atom. The van der Waals surface area contributed by atoms with Crippen LogP contribution in [0.2, 0.25) is 5.02 Å². The zero-order valence-electron chi connectivity index (χ0n) is 12.3.